The van der Waals surface area contributed by atoms with Crippen molar-refractivity contribution in [3.8, 4) is 0 Å². The Kier molecular flexibility index (Phi) is 3.88. The van der Waals surface area contributed by atoms with Crippen molar-refractivity contribution >= 4 is 0 Å². The number of aromatic nitrogens is 2. The maximum Gasteiger partial charge on any atom is 0.266 e. The SMILES string of the molecule is CCC(NC)c1ncc(C(F)F)cn1. The van der Waals surface area contributed by atoms with E-state index in [0.29, 0.717) is 5.82 Å². The van der Waals surface area contributed by atoms with Crippen LogP contribution in [0.4, 0.5) is 8.78 Å². The summed E-state index contributed by atoms with van der Waals surface area (Å²) in [4.78, 5) is 7.78. The molecular formula is C9H13F2N3. The number of alkyl halides is 2. The molecule has 78 valence electrons. The molecule has 1 aromatic rings. The molecule has 0 aromatic carbocycles. The Balaban J connectivity index is 2.81. The molecule has 1 N–H and O–H groups in total. The Morgan fingerprint density at radius 3 is 2.29 bits per heavy atom. The van der Waals surface area contributed by atoms with Crippen LogP contribution < -0.4 is 5.32 Å². The predicted octanol–water partition coefficient (Wildman–Crippen LogP) is 2.08. The zero-order valence-corrected chi connectivity index (χ0v) is 8.17. The van der Waals surface area contributed by atoms with Gasteiger partial charge in [0.25, 0.3) is 6.43 Å². The second-order valence-electron chi connectivity index (χ2n) is 2.92. The van der Waals surface area contributed by atoms with Crippen molar-refractivity contribution in [2.45, 2.75) is 25.8 Å². The van der Waals surface area contributed by atoms with Crippen molar-refractivity contribution < 1.29 is 8.78 Å². The maximum absolute atomic E-state index is 12.2. The van der Waals surface area contributed by atoms with Gasteiger partial charge in [-0.25, -0.2) is 18.7 Å². The molecule has 0 saturated heterocycles. The Hall–Kier alpha value is -1.10. The highest BCUT2D eigenvalue weighted by molar-refractivity contribution is 5.08. The molecule has 0 amide bonds. The second kappa shape index (κ2) is 4.95. The van der Waals surface area contributed by atoms with E-state index in [-0.39, 0.29) is 11.6 Å². The summed E-state index contributed by atoms with van der Waals surface area (Å²) in [6, 6.07) is 0.0294. The molecule has 0 saturated carbocycles. The fourth-order valence-corrected chi connectivity index (χ4v) is 1.16. The van der Waals surface area contributed by atoms with Crippen LogP contribution in [0.1, 0.15) is 37.2 Å². The van der Waals surface area contributed by atoms with E-state index in [1.54, 1.807) is 7.05 Å². The number of nitrogens with zero attached hydrogens (tertiary/aromatic N) is 2. The van der Waals surface area contributed by atoms with Crippen LogP contribution in [0.3, 0.4) is 0 Å². The molecule has 0 fully saturated rings. The smallest absolute Gasteiger partial charge is 0.266 e. The van der Waals surface area contributed by atoms with Gasteiger partial charge in [0.05, 0.1) is 11.6 Å². The van der Waals surface area contributed by atoms with Crippen LogP contribution in [-0.2, 0) is 0 Å². The minimum atomic E-state index is -2.50. The molecule has 1 rings (SSSR count). The largest absolute Gasteiger partial charge is 0.310 e. The Morgan fingerprint density at radius 1 is 1.36 bits per heavy atom. The minimum Gasteiger partial charge on any atom is -0.310 e. The average Bonchev–Trinajstić information content (AvgIpc) is 2.20. The van der Waals surface area contributed by atoms with Gasteiger partial charge in [0.15, 0.2) is 0 Å². The topological polar surface area (TPSA) is 37.8 Å². The third-order valence-electron chi connectivity index (χ3n) is 2.01. The van der Waals surface area contributed by atoms with Crippen LogP contribution in [0.15, 0.2) is 12.4 Å². The molecule has 0 aliphatic carbocycles. The van der Waals surface area contributed by atoms with Gasteiger partial charge in [-0.3, -0.25) is 0 Å². The van der Waals surface area contributed by atoms with E-state index in [9.17, 15) is 8.78 Å². The number of hydrogen-bond acceptors (Lipinski definition) is 3. The monoisotopic (exact) mass is 201 g/mol. The first-order valence-electron chi connectivity index (χ1n) is 4.46. The van der Waals surface area contributed by atoms with Gasteiger partial charge in [-0.1, -0.05) is 6.92 Å². The fraction of sp³-hybridized carbons (Fsp3) is 0.556. The Morgan fingerprint density at radius 2 is 1.93 bits per heavy atom. The summed E-state index contributed by atoms with van der Waals surface area (Å²) in [7, 11) is 1.79. The van der Waals surface area contributed by atoms with Gasteiger partial charge in [0.1, 0.15) is 5.82 Å². The number of rotatable bonds is 4. The normalized spacial score (nSPS) is 13.2. The molecule has 1 unspecified atom stereocenters. The van der Waals surface area contributed by atoms with Gasteiger partial charge in [-0.2, -0.15) is 0 Å². The molecule has 3 nitrogen and oxygen atoms in total. The predicted molar refractivity (Wildman–Crippen MR) is 49.1 cm³/mol. The lowest BCUT2D eigenvalue weighted by Crippen LogP contribution is -2.18. The average molecular weight is 201 g/mol. The summed E-state index contributed by atoms with van der Waals surface area (Å²) in [5.41, 5.74) is -0.139. The van der Waals surface area contributed by atoms with Crippen molar-refractivity contribution in [2.75, 3.05) is 7.05 Å². The van der Waals surface area contributed by atoms with E-state index in [0.717, 1.165) is 6.42 Å². The number of halogens is 2. The Bertz CT molecular complexity index is 270. The van der Waals surface area contributed by atoms with Crippen molar-refractivity contribution in [2.24, 2.45) is 0 Å². The molecule has 1 heterocycles. The summed E-state index contributed by atoms with van der Waals surface area (Å²) < 4.78 is 24.3. The van der Waals surface area contributed by atoms with Gasteiger partial charge in [0.2, 0.25) is 0 Å². The van der Waals surface area contributed by atoms with Crippen LogP contribution in [0.5, 0.6) is 0 Å². The first-order chi connectivity index (χ1) is 6.69. The standard InChI is InChI=1S/C9H13F2N3/c1-3-7(12-2)9-13-4-6(5-14-9)8(10)11/h4-5,7-8,12H,3H2,1-2H3. The molecule has 0 bridgehead atoms. The van der Waals surface area contributed by atoms with E-state index in [4.69, 9.17) is 0 Å². The van der Waals surface area contributed by atoms with E-state index in [2.05, 4.69) is 15.3 Å². The lowest BCUT2D eigenvalue weighted by atomic mass is 10.2. The highest BCUT2D eigenvalue weighted by Gasteiger charge is 2.12. The van der Waals surface area contributed by atoms with Crippen LogP contribution in [0, 0.1) is 0 Å². The molecular weight excluding hydrogens is 188 g/mol. The molecule has 1 aromatic heterocycles. The summed E-state index contributed by atoms with van der Waals surface area (Å²) in [6.45, 7) is 1.98. The van der Waals surface area contributed by atoms with Gasteiger partial charge < -0.3 is 5.32 Å². The Labute approximate surface area is 81.6 Å². The summed E-state index contributed by atoms with van der Waals surface area (Å²) in [5.74, 6) is 0.555. The molecule has 0 radical (unpaired) electrons. The zero-order valence-electron chi connectivity index (χ0n) is 8.17. The quantitative estimate of drug-likeness (QED) is 0.810. The third-order valence-corrected chi connectivity index (χ3v) is 2.01. The summed E-state index contributed by atoms with van der Waals surface area (Å²) in [6.07, 6.45) is 0.670. The maximum atomic E-state index is 12.2. The van der Waals surface area contributed by atoms with Crippen LogP contribution >= 0.6 is 0 Å². The van der Waals surface area contributed by atoms with Crippen molar-refractivity contribution in [3.05, 3.63) is 23.8 Å². The first-order valence-corrected chi connectivity index (χ1v) is 4.46. The number of hydrogen-bond donors (Lipinski definition) is 1. The highest BCUT2D eigenvalue weighted by Crippen LogP contribution is 2.18. The molecule has 0 spiro atoms. The van der Waals surface area contributed by atoms with E-state index >= 15 is 0 Å². The van der Waals surface area contributed by atoms with Gasteiger partial charge in [0, 0.05) is 12.4 Å². The van der Waals surface area contributed by atoms with Gasteiger partial charge >= 0.3 is 0 Å². The van der Waals surface area contributed by atoms with Crippen LogP contribution in [0.25, 0.3) is 0 Å². The second-order valence-corrected chi connectivity index (χ2v) is 2.92. The zero-order chi connectivity index (χ0) is 10.6. The molecule has 0 aliphatic heterocycles. The van der Waals surface area contributed by atoms with Crippen molar-refractivity contribution in [1.29, 1.82) is 0 Å². The molecule has 0 aliphatic rings. The third kappa shape index (κ3) is 2.45. The van der Waals surface area contributed by atoms with Crippen molar-refractivity contribution in [1.82, 2.24) is 15.3 Å². The first kappa shape index (κ1) is 11.0. The van der Waals surface area contributed by atoms with Crippen LogP contribution in [0.2, 0.25) is 0 Å². The van der Waals surface area contributed by atoms with E-state index in [1.165, 1.54) is 12.4 Å². The van der Waals surface area contributed by atoms with Gasteiger partial charge in [-0.05, 0) is 13.5 Å². The highest BCUT2D eigenvalue weighted by atomic mass is 19.3. The summed E-state index contributed by atoms with van der Waals surface area (Å²) >= 11 is 0. The van der Waals surface area contributed by atoms with Crippen LogP contribution in [-0.4, -0.2) is 17.0 Å². The molecule has 1 atom stereocenters. The summed E-state index contributed by atoms with van der Waals surface area (Å²) in [5, 5.41) is 3.00. The molecule has 5 heteroatoms. The molecule has 14 heavy (non-hydrogen) atoms. The van der Waals surface area contributed by atoms with E-state index in [1.807, 2.05) is 6.92 Å². The van der Waals surface area contributed by atoms with Gasteiger partial charge in [-0.15, -0.1) is 0 Å². The number of nitrogens with one attached hydrogen (secondary N) is 1. The minimum absolute atomic E-state index is 0.0294. The fourth-order valence-electron chi connectivity index (χ4n) is 1.16. The van der Waals surface area contributed by atoms with E-state index < -0.39 is 6.43 Å². The lowest BCUT2D eigenvalue weighted by molar-refractivity contribution is 0.150. The van der Waals surface area contributed by atoms with Crippen molar-refractivity contribution in [3.63, 3.8) is 0 Å². The lowest BCUT2D eigenvalue weighted by Gasteiger charge is -2.11.